The maximum atomic E-state index is 5.90. The molecule has 0 saturated heterocycles. The fourth-order valence-electron chi connectivity index (χ4n) is 2.27. The second-order valence-electron chi connectivity index (χ2n) is 4.66. The van der Waals surface area contributed by atoms with Crippen molar-refractivity contribution in [2.24, 2.45) is 5.92 Å². The predicted molar refractivity (Wildman–Crippen MR) is 63.4 cm³/mol. The highest BCUT2D eigenvalue weighted by Crippen LogP contribution is 2.27. The van der Waals surface area contributed by atoms with E-state index in [1.54, 1.807) is 0 Å². The lowest BCUT2D eigenvalue weighted by atomic mass is 10.1. The SMILES string of the molecule is Cc1cccc(OCC2CCCC2)c1C. The summed E-state index contributed by atoms with van der Waals surface area (Å²) >= 11 is 0. The van der Waals surface area contributed by atoms with Crippen LogP contribution in [0.15, 0.2) is 18.2 Å². The van der Waals surface area contributed by atoms with Crippen molar-refractivity contribution in [2.75, 3.05) is 6.61 Å². The predicted octanol–water partition coefficient (Wildman–Crippen LogP) is 3.87. The number of hydrogen-bond acceptors (Lipinski definition) is 1. The molecule has 0 heterocycles. The average Bonchev–Trinajstić information content (AvgIpc) is 2.73. The van der Waals surface area contributed by atoms with E-state index in [1.165, 1.54) is 36.8 Å². The van der Waals surface area contributed by atoms with Gasteiger partial charge in [-0.15, -0.1) is 0 Å². The standard InChI is InChI=1S/C14H20O/c1-11-6-5-9-14(12(11)2)15-10-13-7-3-4-8-13/h5-6,9,13H,3-4,7-8,10H2,1-2H3. The van der Waals surface area contributed by atoms with Crippen LogP contribution in [0.4, 0.5) is 0 Å². The lowest BCUT2D eigenvalue weighted by Gasteiger charge is -2.14. The molecule has 1 aliphatic rings. The summed E-state index contributed by atoms with van der Waals surface area (Å²) in [4.78, 5) is 0. The lowest BCUT2D eigenvalue weighted by Crippen LogP contribution is -2.08. The molecule has 0 atom stereocenters. The second kappa shape index (κ2) is 4.69. The summed E-state index contributed by atoms with van der Waals surface area (Å²) in [6.07, 6.45) is 5.48. The van der Waals surface area contributed by atoms with Crippen molar-refractivity contribution in [1.82, 2.24) is 0 Å². The van der Waals surface area contributed by atoms with Crippen LogP contribution in [0.1, 0.15) is 36.8 Å². The van der Waals surface area contributed by atoms with Gasteiger partial charge in [-0.25, -0.2) is 0 Å². The molecule has 0 aliphatic heterocycles. The van der Waals surface area contributed by atoms with Crippen molar-refractivity contribution in [1.29, 1.82) is 0 Å². The van der Waals surface area contributed by atoms with Gasteiger partial charge in [-0.3, -0.25) is 0 Å². The number of hydrogen-bond donors (Lipinski definition) is 0. The molecule has 2 rings (SSSR count). The maximum absolute atomic E-state index is 5.90. The third kappa shape index (κ3) is 2.53. The molecule has 1 fully saturated rings. The smallest absolute Gasteiger partial charge is 0.122 e. The Morgan fingerprint density at radius 2 is 1.93 bits per heavy atom. The van der Waals surface area contributed by atoms with Crippen LogP contribution in [-0.2, 0) is 0 Å². The van der Waals surface area contributed by atoms with Gasteiger partial charge in [0, 0.05) is 0 Å². The molecular formula is C14H20O. The summed E-state index contributed by atoms with van der Waals surface area (Å²) in [5, 5.41) is 0. The van der Waals surface area contributed by atoms with E-state index >= 15 is 0 Å². The first-order valence-corrected chi connectivity index (χ1v) is 5.96. The van der Waals surface area contributed by atoms with Gasteiger partial charge in [0.05, 0.1) is 6.61 Å². The van der Waals surface area contributed by atoms with E-state index in [1.807, 2.05) is 0 Å². The van der Waals surface area contributed by atoms with Crippen LogP contribution in [0, 0.1) is 19.8 Å². The zero-order valence-electron chi connectivity index (χ0n) is 9.75. The van der Waals surface area contributed by atoms with Gasteiger partial charge in [-0.05, 0) is 49.8 Å². The highest BCUT2D eigenvalue weighted by atomic mass is 16.5. The fourth-order valence-corrected chi connectivity index (χ4v) is 2.27. The second-order valence-corrected chi connectivity index (χ2v) is 4.66. The topological polar surface area (TPSA) is 9.23 Å². The van der Waals surface area contributed by atoms with Crippen molar-refractivity contribution in [3.05, 3.63) is 29.3 Å². The number of rotatable bonds is 3. The van der Waals surface area contributed by atoms with Gasteiger partial charge < -0.3 is 4.74 Å². The Kier molecular flexibility index (Phi) is 3.30. The first-order chi connectivity index (χ1) is 7.27. The minimum Gasteiger partial charge on any atom is -0.493 e. The maximum Gasteiger partial charge on any atom is 0.122 e. The summed E-state index contributed by atoms with van der Waals surface area (Å²) in [6.45, 7) is 5.18. The minimum atomic E-state index is 0.796. The summed E-state index contributed by atoms with van der Waals surface area (Å²) in [6, 6.07) is 6.29. The van der Waals surface area contributed by atoms with Gasteiger partial charge in [0.2, 0.25) is 0 Å². The minimum absolute atomic E-state index is 0.796. The van der Waals surface area contributed by atoms with Crippen LogP contribution in [0.5, 0.6) is 5.75 Å². The Morgan fingerprint density at radius 1 is 1.20 bits per heavy atom. The summed E-state index contributed by atoms with van der Waals surface area (Å²) in [5.74, 6) is 1.87. The molecule has 1 aromatic rings. The van der Waals surface area contributed by atoms with Crippen molar-refractivity contribution in [3.63, 3.8) is 0 Å². The molecule has 1 aromatic carbocycles. The number of ether oxygens (including phenoxy) is 1. The summed E-state index contributed by atoms with van der Waals surface area (Å²) < 4.78 is 5.90. The molecule has 0 N–H and O–H groups in total. The lowest BCUT2D eigenvalue weighted by molar-refractivity contribution is 0.250. The Balaban J connectivity index is 1.95. The van der Waals surface area contributed by atoms with Gasteiger partial charge in [0.25, 0.3) is 0 Å². The van der Waals surface area contributed by atoms with Crippen LogP contribution in [0.25, 0.3) is 0 Å². The normalized spacial score (nSPS) is 16.9. The Bertz CT molecular complexity index is 324. The van der Waals surface area contributed by atoms with Gasteiger partial charge in [0.15, 0.2) is 0 Å². The third-order valence-electron chi connectivity index (χ3n) is 3.50. The molecule has 0 bridgehead atoms. The first-order valence-electron chi connectivity index (χ1n) is 5.96. The molecule has 82 valence electrons. The highest BCUT2D eigenvalue weighted by molar-refractivity contribution is 5.38. The van der Waals surface area contributed by atoms with Crippen LogP contribution in [-0.4, -0.2) is 6.61 Å². The molecule has 1 heteroatoms. The Hall–Kier alpha value is -0.980. The molecule has 0 spiro atoms. The monoisotopic (exact) mass is 204 g/mol. The van der Waals surface area contributed by atoms with Gasteiger partial charge in [-0.2, -0.15) is 0 Å². The van der Waals surface area contributed by atoms with Crippen molar-refractivity contribution in [3.8, 4) is 5.75 Å². The third-order valence-corrected chi connectivity index (χ3v) is 3.50. The molecular weight excluding hydrogens is 184 g/mol. The van der Waals surface area contributed by atoms with Crippen LogP contribution < -0.4 is 4.74 Å². The summed E-state index contributed by atoms with van der Waals surface area (Å²) in [7, 11) is 0. The number of benzene rings is 1. The Labute approximate surface area is 92.5 Å². The van der Waals surface area contributed by atoms with E-state index in [0.29, 0.717) is 0 Å². The molecule has 0 amide bonds. The fraction of sp³-hybridized carbons (Fsp3) is 0.571. The Morgan fingerprint density at radius 3 is 2.67 bits per heavy atom. The molecule has 1 saturated carbocycles. The molecule has 0 radical (unpaired) electrons. The quantitative estimate of drug-likeness (QED) is 0.726. The van der Waals surface area contributed by atoms with Gasteiger partial charge in [0.1, 0.15) is 5.75 Å². The van der Waals surface area contributed by atoms with Crippen LogP contribution in [0.3, 0.4) is 0 Å². The van der Waals surface area contributed by atoms with E-state index < -0.39 is 0 Å². The molecule has 1 nitrogen and oxygen atoms in total. The largest absolute Gasteiger partial charge is 0.493 e. The van der Waals surface area contributed by atoms with E-state index in [9.17, 15) is 0 Å². The number of aryl methyl sites for hydroxylation is 1. The first kappa shape index (κ1) is 10.5. The van der Waals surface area contributed by atoms with E-state index in [-0.39, 0.29) is 0 Å². The van der Waals surface area contributed by atoms with Gasteiger partial charge in [-0.1, -0.05) is 25.0 Å². The van der Waals surface area contributed by atoms with E-state index in [0.717, 1.165) is 18.3 Å². The molecule has 0 aromatic heterocycles. The van der Waals surface area contributed by atoms with Crippen molar-refractivity contribution < 1.29 is 4.74 Å². The molecule has 1 aliphatic carbocycles. The van der Waals surface area contributed by atoms with Crippen molar-refractivity contribution >= 4 is 0 Å². The van der Waals surface area contributed by atoms with E-state index in [2.05, 4.69) is 32.0 Å². The molecule has 0 unspecified atom stereocenters. The van der Waals surface area contributed by atoms with Crippen LogP contribution >= 0.6 is 0 Å². The zero-order valence-corrected chi connectivity index (χ0v) is 9.75. The zero-order chi connectivity index (χ0) is 10.7. The molecule has 15 heavy (non-hydrogen) atoms. The average molecular weight is 204 g/mol. The van der Waals surface area contributed by atoms with Gasteiger partial charge >= 0.3 is 0 Å². The highest BCUT2D eigenvalue weighted by Gasteiger charge is 2.15. The summed E-state index contributed by atoms with van der Waals surface area (Å²) in [5.41, 5.74) is 2.61. The van der Waals surface area contributed by atoms with E-state index in [4.69, 9.17) is 4.74 Å². The van der Waals surface area contributed by atoms with Crippen molar-refractivity contribution in [2.45, 2.75) is 39.5 Å². The van der Waals surface area contributed by atoms with Crippen LogP contribution in [0.2, 0.25) is 0 Å².